The molecule has 0 saturated carbocycles. The standard InChI is InChI=1S/C28H34N4O3/c1-34-24-12-6-4-10-22(24)27(33)30-25-21-9-3-5-11-23(21)28(26(25)35-2)13-19-31(20-14-28)16-8-18-32-17-7-15-29-32/h3-7,9-12,15,17,25-26H,8,13-14,16,18-20H2,1-2H3,(H,30,33)/t25-,26+/m1/s1. The van der Waals surface area contributed by atoms with Crippen LogP contribution in [0.4, 0.5) is 0 Å². The highest BCUT2D eigenvalue weighted by Gasteiger charge is 2.54. The Bertz CT molecular complexity index is 1140. The van der Waals surface area contributed by atoms with Crippen LogP contribution in [0.1, 0.15) is 46.8 Å². The summed E-state index contributed by atoms with van der Waals surface area (Å²) in [4.78, 5) is 15.9. The molecule has 7 heteroatoms. The lowest BCUT2D eigenvalue weighted by molar-refractivity contribution is -0.0114. The molecule has 0 radical (unpaired) electrons. The minimum Gasteiger partial charge on any atom is -0.496 e. The summed E-state index contributed by atoms with van der Waals surface area (Å²) >= 11 is 0. The number of likely N-dealkylation sites (tertiary alicyclic amines) is 1. The van der Waals surface area contributed by atoms with E-state index in [0.717, 1.165) is 51.0 Å². The first-order chi connectivity index (χ1) is 17.2. The topological polar surface area (TPSA) is 68.6 Å². The summed E-state index contributed by atoms with van der Waals surface area (Å²) < 4.78 is 13.6. The first kappa shape index (κ1) is 23.6. The fourth-order valence-electron chi connectivity index (χ4n) is 6.04. The Labute approximate surface area is 207 Å². The molecule has 1 saturated heterocycles. The summed E-state index contributed by atoms with van der Waals surface area (Å²) in [7, 11) is 3.36. The second-order valence-corrected chi connectivity index (χ2v) is 9.52. The zero-order chi connectivity index (χ0) is 24.3. The lowest BCUT2D eigenvalue weighted by Crippen LogP contribution is -2.50. The summed E-state index contributed by atoms with van der Waals surface area (Å²) in [6.07, 6.45) is 6.82. The Hall–Kier alpha value is -3.16. The van der Waals surface area contributed by atoms with Crippen LogP contribution in [0.15, 0.2) is 67.0 Å². The summed E-state index contributed by atoms with van der Waals surface area (Å²) in [5, 5.41) is 7.60. The number of nitrogens with zero attached hydrogens (tertiary/aromatic N) is 3. The van der Waals surface area contributed by atoms with Crippen LogP contribution in [0.2, 0.25) is 0 Å². The lowest BCUT2D eigenvalue weighted by atomic mass is 9.72. The highest BCUT2D eigenvalue weighted by Crippen LogP contribution is 2.52. The zero-order valence-electron chi connectivity index (χ0n) is 20.5. The van der Waals surface area contributed by atoms with Crippen molar-refractivity contribution in [3.8, 4) is 5.75 Å². The van der Waals surface area contributed by atoms with Gasteiger partial charge in [0, 0.05) is 31.5 Å². The number of benzene rings is 2. The molecule has 2 aliphatic rings. The Balaban J connectivity index is 1.32. The molecule has 2 heterocycles. The predicted molar refractivity (Wildman–Crippen MR) is 135 cm³/mol. The van der Waals surface area contributed by atoms with E-state index >= 15 is 0 Å². The number of fused-ring (bicyclic) bond motifs is 2. The van der Waals surface area contributed by atoms with Gasteiger partial charge in [0.05, 0.1) is 24.8 Å². The van der Waals surface area contributed by atoms with E-state index in [2.05, 4.69) is 39.6 Å². The van der Waals surface area contributed by atoms with E-state index < -0.39 is 0 Å². The number of rotatable bonds is 8. The molecule has 0 bridgehead atoms. The van der Waals surface area contributed by atoms with Gasteiger partial charge in [-0.3, -0.25) is 9.48 Å². The molecule has 1 spiro atoms. The average Bonchev–Trinajstić information content (AvgIpc) is 3.50. The van der Waals surface area contributed by atoms with E-state index in [1.165, 1.54) is 5.56 Å². The van der Waals surface area contributed by atoms with E-state index in [1.54, 1.807) is 20.3 Å². The summed E-state index contributed by atoms with van der Waals surface area (Å²) in [6.45, 7) is 4.03. The maximum Gasteiger partial charge on any atom is 0.255 e. The Morgan fingerprint density at radius 3 is 2.57 bits per heavy atom. The minimum absolute atomic E-state index is 0.109. The van der Waals surface area contributed by atoms with Crippen molar-refractivity contribution in [3.05, 3.63) is 83.7 Å². The second kappa shape index (κ2) is 10.2. The van der Waals surface area contributed by atoms with Crippen LogP contribution in [0.5, 0.6) is 5.75 Å². The number of aromatic nitrogens is 2. The summed E-state index contributed by atoms with van der Waals surface area (Å²) in [6, 6.07) is 17.6. The zero-order valence-corrected chi connectivity index (χ0v) is 20.5. The number of nitrogens with one attached hydrogen (secondary N) is 1. The molecule has 1 aliphatic heterocycles. The van der Waals surface area contributed by atoms with E-state index in [9.17, 15) is 4.79 Å². The van der Waals surface area contributed by atoms with Crippen LogP contribution in [0.3, 0.4) is 0 Å². The van der Waals surface area contributed by atoms with Crippen molar-refractivity contribution in [1.82, 2.24) is 20.0 Å². The second-order valence-electron chi connectivity index (χ2n) is 9.52. The molecule has 7 nitrogen and oxygen atoms in total. The normalized spacial score (nSPS) is 21.1. The van der Waals surface area contributed by atoms with Gasteiger partial charge in [0.2, 0.25) is 0 Å². The number of para-hydroxylation sites is 1. The van der Waals surface area contributed by atoms with Crippen molar-refractivity contribution in [2.24, 2.45) is 0 Å². The number of hydrogen-bond donors (Lipinski definition) is 1. The minimum atomic E-state index is -0.208. The Kier molecular flexibility index (Phi) is 6.88. The first-order valence-electron chi connectivity index (χ1n) is 12.4. The molecular formula is C28H34N4O3. The van der Waals surface area contributed by atoms with Gasteiger partial charge in [-0.15, -0.1) is 0 Å². The van der Waals surface area contributed by atoms with Crippen molar-refractivity contribution >= 4 is 5.91 Å². The molecule has 2 aromatic carbocycles. The van der Waals surface area contributed by atoms with Crippen LogP contribution in [0, 0.1) is 0 Å². The van der Waals surface area contributed by atoms with Gasteiger partial charge < -0.3 is 19.7 Å². The van der Waals surface area contributed by atoms with Crippen LogP contribution in [-0.4, -0.2) is 60.5 Å². The smallest absolute Gasteiger partial charge is 0.255 e. The Morgan fingerprint density at radius 1 is 1.06 bits per heavy atom. The van der Waals surface area contributed by atoms with Gasteiger partial charge in [-0.25, -0.2) is 0 Å². The molecule has 0 unspecified atom stereocenters. The molecule has 184 valence electrons. The van der Waals surface area contributed by atoms with Gasteiger partial charge in [-0.05, 0) is 68.2 Å². The lowest BCUT2D eigenvalue weighted by Gasteiger charge is -2.44. The van der Waals surface area contributed by atoms with Gasteiger partial charge in [0.25, 0.3) is 5.91 Å². The molecule has 3 aromatic rings. The molecule has 1 aliphatic carbocycles. The molecular weight excluding hydrogens is 440 g/mol. The van der Waals surface area contributed by atoms with Crippen LogP contribution < -0.4 is 10.1 Å². The van der Waals surface area contributed by atoms with Crippen molar-refractivity contribution in [3.63, 3.8) is 0 Å². The highest BCUT2D eigenvalue weighted by molar-refractivity contribution is 5.97. The SMILES string of the molecule is COc1ccccc1C(=O)N[C@@H]1c2ccccc2C2(CCN(CCCn3cccn3)CC2)[C@H]1OC. The number of hydrogen-bond acceptors (Lipinski definition) is 5. The molecule has 1 amide bonds. The molecule has 1 fully saturated rings. The molecule has 5 rings (SSSR count). The number of methoxy groups -OCH3 is 2. The van der Waals surface area contributed by atoms with Gasteiger partial charge in [-0.2, -0.15) is 5.10 Å². The van der Waals surface area contributed by atoms with Crippen LogP contribution in [0.25, 0.3) is 0 Å². The fraction of sp³-hybridized carbons (Fsp3) is 0.429. The fourth-order valence-corrected chi connectivity index (χ4v) is 6.04. The molecule has 2 atom stereocenters. The summed E-state index contributed by atoms with van der Waals surface area (Å²) in [5.74, 6) is 0.431. The van der Waals surface area contributed by atoms with Crippen LogP contribution >= 0.6 is 0 Å². The van der Waals surface area contributed by atoms with Crippen LogP contribution in [-0.2, 0) is 16.7 Å². The third-order valence-electron chi connectivity index (χ3n) is 7.74. The van der Waals surface area contributed by atoms with Gasteiger partial charge in [0.1, 0.15) is 5.75 Å². The number of ether oxygens (including phenoxy) is 2. The maximum absolute atomic E-state index is 13.3. The van der Waals surface area contributed by atoms with E-state index in [0.29, 0.717) is 11.3 Å². The summed E-state index contributed by atoms with van der Waals surface area (Å²) in [5.41, 5.74) is 2.90. The number of aryl methyl sites for hydroxylation is 1. The maximum atomic E-state index is 13.3. The number of amides is 1. The van der Waals surface area contributed by atoms with Crippen molar-refractivity contribution in [2.45, 2.75) is 43.4 Å². The predicted octanol–water partition coefficient (Wildman–Crippen LogP) is 3.82. The van der Waals surface area contributed by atoms with Gasteiger partial charge in [0.15, 0.2) is 0 Å². The number of carbonyl (C=O) groups excluding carboxylic acids is 1. The molecule has 1 aromatic heterocycles. The van der Waals surface area contributed by atoms with Gasteiger partial charge >= 0.3 is 0 Å². The number of carbonyl (C=O) groups is 1. The average molecular weight is 475 g/mol. The molecule has 1 N–H and O–H groups in total. The Morgan fingerprint density at radius 2 is 1.83 bits per heavy atom. The third kappa shape index (κ3) is 4.46. The van der Waals surface area contributed by atoms with Gasteiger partial charge in [-0.1, -0.05) is 36.4 Å². The number of piperidine rings is 1. The highest BCUT2D eigenvalue weighted by atomic mass is 16.5. The largest absolute Gasteiger partial charge is 0.496 e. The first-order valence-corrected chi connectivity index (χ1v) is 12.4. The van der Waals surface area contributed by atoms with Crippen molar-refractivity contribution < 1.29 is 14.3 Å². The third-order valence-corrected chi connectivity index (χ3v) is 7.74. The quantitative estimate of drug-likeness (QED) is 0.538. The molecule has 35 heavy (non-hydrogen) atoms. The van der Waals surface area contributed by atoms with Crippen molar-refractivity contribution in [1.29, 1.82) is 0 Å². The van der Waals surface area contributed by atoms with Crippen molar-refractivity contribution in [2.75, 3.05) is 33.9 Å². The van der Waals surface area contributed by atoms with E-state index in [-0.39, 0.29) is 23.5 Å². The van der Waals surface area contributed by atoms with E-state index in [1.807, 2.05) is 41.3 Å². The van der Waals surface area contributed by atoms with E-state index in [4.69, 9.17) is 9.47 Å². The monoisotopic (exact) mass is 474 g/mol.